The van der Waals surface area contributed by atoms with Crippen molar-refractivity contribution in [2.45, 2.75) is 44.4 Å². The Hall–Kier alpha value is -1.85. The molecular weight excluding hydrogens is 382 g/mol. The lowest BCUT2D eigenvalue weighted by Crippen LogP contribution is -2.09. The van der Waals surface area contributed by atoms with Crippen LogP contribution in [0.4, 0.5) is 5.69 Å². The molecule has 0 saturated heterocycles. The van der Waals surface area contributed by atoms with Gasteiger partial charge in [-0.05, 0) is 79.1 Å². The molecule has 1 N–H and O–H groups in total. The first-order valence-electron chi connectivity index (χ1n) is 9.21. The number of nitrogens with one attached hydrogen (secondary N) is 1. The zero-order valence-corrected chi connectivity index (χ0v) is 16.9. The Balaban J connectivity index is 1.45. The van der Waals surface area contributed by atoms with Crippen LogP contribution in [0.1, 0.15) is 59.5 Å². The minimum atomic E-state index is -3.30. The van der Waals surface area contributed by atoms with Crippen molar-refractivity contribution in [1.82, 2.24) is 0 Å². The highest BCUT2D eigenvalue weighted by atomic mass is 35.5. The SMILES string of the molecule is CS(=O)(=O)Nc1ccc(C(=O)CCCCC2CCc3cc(Cl)ccc32)cc1. The van der Waals surface area contributed by atoms with Crippen LogP contribution in [0.5, 0.6) is 0 Å². The normalized spacial score (nSPS) is 16.1. The van der Waals surface area contributed by atoms with Crippen LogP contribution in [0.25, 0.3) is 0 Å². The van der Waals surface area contributed by atoms with Gasteiger partial charge in [-0.3, -0.25) is 9.52 Å². The molecule has 3 rings (SSSR count). The van der Waals surface area contributed by atoms with E-state index in [-0.39, 0.29) is 5.78 Å². The summed E-state index contributed by atoms with van der Waals surface area (Å²) in [4.78, 5) is 12.3. The average Bonchev–Trinajstić information content (AvgIpc) is 3.00. The zero-order chi connectivity index (χ0) is 19.4. The van der Waals surface area contributed by atoms with Crippen LogP contribution < -0.4 is 4.72 Å². The number of Topliss-reactive ketones (excluding diaryl/α,β-unsaturated/α-hetero) is 1. The molecule has 27 heavy (non-hydrogen) atoms. The van der Waals surface area contributed by atoms with E-state index in [1.54, 1.807) is 24.3 Å². The maximum atomic E-state index is 12.3. The summed E-state index contributed by atoms with van der Waals surface area (Å²) in [5, 5.41) is 0.803. The molecule has 0 radical (unpaired) electrons. The fraction of sp³-hybridized carbons (Fsp3) is 0.381. The molecule has 4 nitrogen and oxygen atoms in total. The molecule has 1 unspecified atom stereocenters. The molecule has 2 aromatic carbocycles. The monoisotopic (exact) mass is 405 g/mol. The highest BCUT2D eigenvalue weighted by Gasteiger charge is 2.22. The molecule has 0 aromatic heterocycles. The average molecular weight is 406 g/mol. The standard InChI is InChI=1S/C21H24ClNO3S/c1-27(25,26)23-19-11-8-16(9-12-19)21(24)5-3-2-4-15-6-7-17-14-18(22)10-13-20(15)17/h8-15,23H,2-7H2,1H3. The third kappa shape index (κ3) is 5.56. The first kappa shape index (κ1) is 19.9. The van der Waals surface area contributed by atoms with Crippen LogP contribution in [0.3, 0.4) is 0 Å². The first-order valence-corrected chi connectivity index (χ1v) is 11.5. The molecule has 1 aliphatic carbocycles. The van der Waals surface area contributed by atoms with Gasteiger partial charge < -0.3 is 0 Å². The van der Waals surface area contributed by atoms with Crippen molar-refractivity contribution in [3.8, 4) is 0 Å². The second-order valence-corrected chi connectivity index (χ2v) is 9.38. The lowest BCUT2D eigenvalue weighted by Gasteiger charge is -2.11. The molecule has 0 saturated carbocycles. The molecule has 0 amide bonds. The number of rotatable bonds is 8. The second-order valence-electron chi connectivity index (χ2n) is 7.20. The Morgan fingerprint density at radius 3 is 2.59 bits per heavy atom. The number of sulfonamides is 1. The Morgan fingerprint density at radius 1 is 1.15 bits per heavy atom. The Morgan fingerprint density at radius 2 is 1.89 bits per heavy atom. The van der Waals surface area contributed by atoms with Crippen molar-refractivity contribution in [1.29, 1.82) is 0 Å². The van der Waals surface area contributed by atoms with E-state index in [4.69, 9.17) is 11.6 Å². The molecule has 6 heteroatoms. The smallest absolute Gasteiger partial charge is 0.229 e. The number of unbranched alkanes of at least 4 members (excludes halogenated alkanes) is 1. The van der Waals surface area contributed by atoms with Gasteiger partial charge in [0.1, 0.15) is 0 Å². The van der Waals surface area contributed by atoms with Gasteiger partial charge in [-0.15, -0.1) is 0 Å². The quantitative estimate of drug-likeness (QED) is 0.485. The summed E-state index contributed by atoms with van der Waals surface area (Å²) in [6.45, 7) is 0. The van der Waals surface area contributed by atoms with Gasteiger partial charge in [0.25, 0.3) is 0 Å². The molecule has 0 aliphatic heterocycles. The minimum absolute atomic E-state index is 0.0968. The number of hydrogen-bond acceptors (Lipinski definition) is 3. The van der Waals surface area contributed by atoms with Gasteiger partial charge in [-0.2, -0.15) is 0 Å². The Kier molecular flexibility index (Phi) is 6.22. The van der Waals surface area contributed by atoms with Crippen molar-refractivity contribution < 1.29 is 13.2 Å². The lowest BCUT2D eigenvalue weighted by atomic mass is 9.94. The molecule has 144 valence electrons. The molecular formula is C21H24ClNO3S. The minimum Gasteiger partial charge on any atom is -0.294 e. The number of hydrogen-bond donors (Lipinski definition) is 1. The van der Waals surface area contributed by atoms with Crippen molar-refractivity contribution in [3.05, 3.63) is 64.2 Å². The maximum Gasteiger partial charge on any atom is 0.229 e. The number of halogens is 1. The molecule has 1 aliphatic rings. The van der Waals surface area contributed by atoms with Gasteiger partial charge in [-0.1, -0.05) is 24.1 Å². The van der Waals surface area contributed by atoms with Crippen LogP contribution in [-0.4, -0.2) is 20.5 Å². The Labute approximate surface area is 166 Å². The van der Waals surface area contributed by atoms with Gasteiger partial charge in [-0.25, -0.2) is 8.42 Å². The zero-order valence-electron chi connectivity index (χ0n) is 15.4. The van der Waals surface area contributed by atoms with Crippen molar-refractivity contribution in [2.75, 3.05) is 11.0 Å². The number of carbonyl (C=O) groups excluding carboxylic acids is 1. The van der Waals surface area contributed by atoms with Crippen molar-refractivity contribution >= 4 is 33.1 Å². The van der Waals surface area contributed by atoms with E-state index in [0.717, 1.165) is 37.0 Å². The van der Waals surface area contributed by atoms with E-state index in [1.807, 2.05) is 6.07 Å². The molecule has 0 heterocycles. The largest absolute Gasteiger partial charge is 0.294 e. The van der Waals surface area contributed by atoms with Gasteiger partial charge >= 0.3 is 0 Å². The summed E-state index contributed by atoms with van der Waals surface area (Å²) in [5.41, 5.74) is 3.87. The summed E-state index contributed by atoms with van der Waals surface area (Å²) >= 11 is 6.06. The maximum absolute atomic E-state index is 12.3. The highest BCUT2D eigenvalue weighted by Crippen LogP contribution is 2.37. The molecule has 1 atom stereocenters. The number of aryl methyl sites for hydroxylation is 1. The third-order valence-electron chi connectivity index (χ3n) is 5.02. The molecule has 0 spiro atoms. The van der Waals surface area contributed by atoms with E-state index < -0.39 is 10.0 Å². The molecule has 0 bridgehead atoms. The third-order valence-corrected chi connectivity index (χ3v) is 5.87. The summed E-state index contributed by atoms with van der Waals surface area (Å²) < 4.78 is 24.8. The Bertz CT molecular complexity index is 923. The van der Waals surface area contributed by atoms with Gasteiger partial charge in [0, 0.05) is 22.7 Å². The van der Waals surface area contributed by atoms with Crippen LogP contribution in [0, 0.1) is 0 Å². The number of ketones is 1. The molecule has 2 aromatic rings. The first-order chi connectivity index (χ1) is 12.8. The number of anilines is 1. The number of benzene rings is 2. The fourth-order valence-electron chi connectivity index (χ4n) is 3.73. The number of fused-ring (bicyclic) bond motifs is 1. The predicted octanol–water partition coefficient (Wildman–Crippen LogP) is 5.18. The second kappa shape index (κ2) is 8.44. The fourth-order valence-corrected chi connectivity index (χ4v) is 4.49. The predicted molar refractivity (Wildman–Crippen MR) is 110 cm³/mol. The van der Waals surface area contributed by atoms with Crippen LogP contribution in [0.15, 0.2) is 42.5 Å². The van der Waals surface area contributed by atoms with Crippen LogP contribution in [-0.2, 0) is 16.4 Å². The summed E-state index contributed by atoms with van der Waals surface area (Å²) in [5.74, 6) is 0.674. The van der Waals surface area contributed by atoms with Crippen molar-refractivity contribution in [2.24, 2.45) is 0 Å². The summed E-state index contributed by atoms with van der Waals surface area (Å²) in [6.07, 6.45) is 6.85. The molecule has 0 fully saturated rings. The van der Waals surface area contributed by atoms with E-state index in [2.05, 4.69) is 16.9 Å². The summed E-state index contributed by atoms with van der Waals surface area (Å²) in [6, 6.07) is 12.8. The van der Waals surface area contributed by atoms with Crippen LogP contribution in [0.2, 0.25) is 5.02 Å². The highest BCUT2D eigenvalue weighted by molar-refractivity contribution is 7.92. The van der Waals surface area contributed by atoms with Crippen molar-refractivity contribution in [3.63, 3.8) is 0 Å². The van der Waals surface area contributed by atoms with E-state index in [1.165, 1.54) is 17.5 Å². The summed E-state index contributed by atoms with van der Waals surface area (Å²) in [7, 11) is -3.30. The van der Waals surface area contributed by atoms with E-state index in [0.29, 0.717) is 23.6 Å². The van der Waals surface area contributed by atoms with Gasteiger partial charge in [0.15, 0.2) is 5.78 Å². The van der Waals surface area contributed by atoms with Gasteiger partial charge in [0.05, 0.1) is 6.26 Å². The lowest BCUT2D eigenvalue weighted by molar-refractivity contribution is 0.0979. The van der Waals surface area contributed by atoms with Crippen LogP contribution >= 0.6 is 11.6 Å². The van der Waals surface area contributed by atoms with E-state index >= 15 is 0 Å². The topological polar surface area (TPSA) is 63.2 Å². The van der Waals surface area contributed by atoms with Gasteiger partial charge in [0.2, 0.25) is 10.0 Å². The number of carbonyl (C=O) groups is 1. The van der Waals surface area contributed by atoms with E-state index in [9.17, 15) is 13.2 Å².